The number of aryl methyl sites for hydroxylation is 1. The van der Waals surface area contributed by atoms with Crippen LogP contribution in [0.15, 0.2) is 48.2 Å². The molecule has 0 bridgehead atoms. The van der Waals surface area contributed by atoms with Crippen LogP contribution >= 0.6 is 12.6 Å². The Kier molecular flexibility index (Phi) is 7.48. The standard InChI is InChI=1S/C21H30N4O5S2/c1-16-5-7-17(8-6-16)19(15-20(2,31)24-10-12-30-13-11-24)23-21(32(22,28)29)9-3-4-18(14-21)25(26)27/h3-9,19,23,31H,10-15H2,1-2H3,(H2,22,28,29)/t19?,20?,21-/m0/s1. The lowest BCUT2D eigenvalue weighted by Crippen LogP contribution is -2.57. The molecule has 0 spiro atoms. The van der Waals surface area contributed by atoms with E-state index in [1.165, 1.54) is 18.2 Å². The van der Waals surface area contributed by atoms with Gasteiger partial charge >= 0.3 is 0 Å². The number of primary sulfonamides is 1. The number of nitro groups is 1. The van der Waals surface area contributed by atoms with Crippen molar-refractivity contribution in [3.8, 4) is 0 Å². The van der Waals surface area contributed by atoms with Crippen molar-refractivity contribution in [1.29, 1.82) is 0 Å². The molecule has 1 aromatic rings. The topological polar surface area (TPSA) is 128 Å². The molecular formula is C21H30N4O5S2. The molecule has 9 nitrogen and oxygen atoms in total. The average molecular weight is 483 g/mol. The molecule has 0 saturated carbocycles. The van der Waals surface area contributed by atoms with E-state index in [0.29, 0.717) is 32.7 Å². The molecule has 0 aromatic heterocycles. The summed E-state index contributed by atoms with van der Waals surface area (Å²) >= 11 is 4.92. The van der Waals surface area contributed by atoms with Crippen LogP contribution < -0.4 is 10.5 Å². The van der Waals surface area contributed by atoms with Gasteiger partial charge in [-0.25, -0.2) is 13.6 Å². The van der Waals surface area contributed by atoms with E-state index in [0.717, 1.165) is 11.1 Å². The molecule has 2 unspecified atom stereocenters. The van der Waals surface area contributed by atoms with Crippen LogP contribution in [0.2, 0.25) is 0 Å². The second kappa shape index (κ2) is 9.62. The van der Waals surface area contributed by atoms with Gasteiger partial charge in [-0.1, -0.05) is 35.9 Å². The molecule has 3 atom stereocenters. The van der Waals surface area contributed by atoms with Crippen LogP contribution in [0.1, 0.15) is 36.9 Å². The molecule has 176 valence electrons. The predicted molar refractivity (Wildman–Crippen MR) is 126 cm³/mol. The first-order valence-corrected chi connectivity index (χ1v) is 12.4. The van der Waals surface area contributed by atoms with Crippen LogP contribution in [0.5, 0.6) is 0 Å². The summed E-state index contributed by atoms with van der Waals surface area (Å²) in [6.45, 7) is 6.54. The number of benzene rings is 1. The van der Waals surface area contributed by atoms with E-state index in [-0.39, 0.29) is 12.1 Å². The van der Waals surface area contributed by atoms with Crippen LogP contribution in [-0.4, -0.2) is 54.3 Å². The summed E-state index contributed by atoms with van der Waals surface area (Å²) in [4.78, 5) is 10.6. The maximum Gasteiger partial charge on any atom is 0.249 e. The first-order valence-electron chi connectivity index (χ1n) is 10.4. The molecular weight excluding hydrogens is 452 g/mol. The van der Waals surface area contributed by atoms with Crippen molar-refractivity contribution < 1.29 is 18.1 Å². The minimum absolute atomic E-state index is 0.224. The molecule has 0 radical (unpaired) electrons. The van der Waals surface area contributed by atoms with Crippen molar-refractivity contribution in [2.75, 3.05) is 26.3 Å². The molecule has 11 heteroatoms. The number of hydrogen-bond acceptors (Lipinski definition) is 8. The van der Waals surface area contributed by atoms with Gasteiger partial charge in [-0.2, -0.15) is 12.6 Å². The summed E-state index contributed by atoms with van der Waals surface area (Å²) in [5.74, 6) is 0. The van der Waals surface area contributed by atoms with Gasteiger partial charge in [-0.05, 0) is 31.9 Å². The fraction of sp³-hybridized carbons (Fsp3) is 0.524. The number of hydrogen-bond donors (Lipinski definition) is 3. The number of rotatable bonds is 8. The summed E-state index contributed by atoms with van der Waals surface area (Å²) in [5, 5.41) is 20.2. The number of morpholine rings is 1. The lowest BCUT2D eigenvalue weighted by atomic mass is 9.95. The molecule has 32 heavy (non-hydrogen) atoms. The number of thiol groups is 1. The van der Waals surface area contributed by atoms with E-state index in [4.69, 9.17) is 22.5 Å². The molecule has 1 fully saturated rings. The molecule has 2 aliphatic rings. The molecule has 1 aromatic carbocycles. The zero-order valence-corrected chi connectivity index (χ0v) is 19.9. The number of ether oxygens (including phenoxy) is 1. The number of nitrogens with two attached hydrogens (primary N) is 1. The number of sulfonamides is 1. The van der Waals surface area contributed by atoms with Gasteiger partial charge < -0.3 is 4.74 Å². The van der Waals surface area contributed by atoms with Crippen molar-refractivity contribution >= 4 is 22.7 Å². The highest BCUT2D eigenvalue weighted by molar-refractivity contribution is 7.90. The lowest BCUT2D eigenvalue weighted by Gasteiger charge is -2.43. The second-order valence-electron chi connectivity index (χ2n) is 8.51. The average Bonchev–Trinajstić information content (AvgIpc) is 2.74. The Bertz CT molecular complexity index is 1000. The van der Waals surface area contributed by atoms with Crippen molar-refractivity contribution in [2.45, 2.75) is 42.5 Å². The molecule has 3 N–H and O–H groups in total. The van der Waals surface area contributed by atoms with Crippen molar-refractivity contribution in [3.05, 3.63) is 69.4 Å². The van der Waals surface area contributed by atoms with Gasteiger partial charge in [0.15, 0.2) is 4.87 Å². The number of allylic oxidation sites excluding steroid dienone is 2. The van der Waals surface area contributed by atoms with E-state index in [1.807, 2.05) is 38.1 Å². The van der Waals surface area contributed by atoms with Crippen LogP contribution in [0.3, 0.4) is 0 Å². The van der Waals surface area contributed by atoms with Crippen molar-refractivity contribution in [2.24, 2.45) is 5.14 Å². The molecule has 3 rings (SSSR count). The minimum atomic E-state index is -4.25. The summed E-state index contributed by atoms with van der Waals surface area (Å²) in [7, 11) is -4.25. The van der Waals surface area contributed by atoms with Crippen LogP contribution in [-0.2, 0) is 14.8 Å². The Morgan fingerprint density at radius 2 is 1.97 bits per heavy atom. The first kappa shape index (κ1) is 24.9. The first-order chi connectivity index (χ1) is 14.9. The largest absolute Gasteiger partial charge is 0.379 e. The van der Waals surface area contributed by atoms with Gasteiger partial charge in [0.1, 0.15) is 0 Å². The van der Waals surface area contributed by atoms with Crippen LogP contribution in [0.25, 0.3) is 0 Å². The molecule has 1 aliphatic heterocycles. The quantitative estimate of drug-likeness (QED) is 0.294. The van der Waals surface area contributed by atoms with Gasteiger partial charge in [0.2, 0.25) is 15.7 Å². The highest BCUT2D eigenvalue weighted by Gasteiger charge is 2.47. The van der Waals surface area contributed by atoms with Gasteiger partial charge in [0.25, 0.3) is 0 Å². The Morgan fingerprint density at radius 3 is 2.53 bits per heavy atom. The van der Waals surface area contributed by atoms with Gasteiger partial charge in [-0.15, -0.1) is 0 Å². The molecule has 1 heterocycles. The van der Waals surface area contributed by atoms with Crippen molar-refractivity contribution in [3.63, 3.8) is 0 Å². The summed E-state index contributed by atoms with van der Waals surface area (Å²) in [5.41, 5.74) is 1.68. The third-order valence-corrected chi connectivity index (χ3v) is 7.90. The monoisotopic (exact) mass is 482 g/mol. The SMILES string of the molecule is Cc1ccc(C(CC(C)(S)N2CCOCC2)N[C@]2(S(N)(=O)=O)C=CC=C([N+](=O)[O-])C2)cc1. The zero-order valence-electron chi connectivity index (χ0n) is 18.2. The molecule has 1 aliphatic carbocycles. The fourth-order valence-corrected chi connectivity index (χ4v) is 5.42. The summed E-state index contributed by atoms with van der Waals surface area (Å²) < 4.78 is 30.9. The molecule has 0 amide bonds. The van der Waals surface area contributed by atoms with Gasteiger partial charge in [0, 0.05) is 25.2 Å². The fourth-order valence-electron chi connectivity index (χ4n) is 4.11. The second-order valence-corrected chi connectivity index (χ2v) is 11.3. The van der Waals surface area contributed by atoms with Crippen LogP contribution in [0.4, 0.5) is 0 Å². The van der Waals surface area contributed by atoms with E-state index in [9.17, 15) is 18.5 Å². The maximum atomic E-state index is 12.7. The van der Waals surface area contributed by atoms with E-state index >= 15 is 0 Å². The third-order valence-electron chi connectivity index (χ3n) is 6.02. The van der Waals surface area contributed by atoms with Crippen molar-refractivity contribution in [1.82, 2.24) is 10.2 Å². The Balaban J connectivity index is 1.98. The number of nitrogens with zero attached hydrogens (tertiary/aromatic N) is 2. The van der Waals surface area contributed by atoms with E-state index in [1.54, 1.807) is 0 Å². The molecule has 1 saturated heterocycles. The lowest BCUT2D eigenvalue weighted by molar-refractivity contribution is -0.428. The third kappa shape index (κ3) is 5.59. The van der Waals surface area contributed by atoms with E-state index < -0.39 is 30.7 Å². The van der Waals surface area contributed by atoms with Gasteiger partial charge in [0.05, 0.1) is 29.4 Å². The highest BCUT2D eigenvalue weighted by Crippen LogP contribution is 2.37. The maximum absolute atomic E-state index is 12.7. The smallest absolute Gasteiger partial charge is 0.249 e. The van der Waals surface area contributed by atoms with Crippen LogP contribution in [0, 0.1) is 17.0 Å². The number of nitrogens with one attached hydrogen (secondary N) is 1. The Labute approximate surface area is 194 Å². The Hall–Kier alpha value is -1.76. The summed E-state index contributed by atoms with van der Waals surface area (Å²) in [6, 6.07) is 7.23. The minimum Gasteiger partial charge on any atom is -0.379 e. The van der Waals surface area contributed by atoms with Gasteiger partial charge in [-0.3, -0.25) is 20.3 Å². The highest BCUT2D eigenvalue weighted by atomic mass is 32.2. The normalized spacial score (nSPS) is 25.1. The zero-order chi connectivity index (χ0) is 23.6. The van der Waals surface area contributed by atoms with E-state index in [2.05, 4.69) is 10.2 Å². The predicted octanol–water partition coefficient (Wildman–Crippen LogP) is 2.10. The Morgan fingerprint density at radius 1 is 1.34 bits per heavy atom. The summed E-state index contributed by atoms with van der Waals surface area (Å²) in [6.07, 6.45) is 4.11.